The molecule has 1 unspecified atom stereocenters. The van der Waals surface area contributed by atoms with Gasteiger partial charge in [0.25, 0.3) is 0 Å². The summed E-state index contributed by atoms with van der Waals surface area (Å²) in [6.45, 7) is 0. The molecule has 0 aliphatic heterocycles. The molecule has 0 aliphatic carbocycles. The van der Waals surface area contributed by atoms with Gasteiger partial charge in [0, 0.05) is 22.1 Å². The van der Waals surface area contributed by atoms with E-state index in [1.54, 1.807) is 6.20 Å². The first kappa shape index (κ1) is 14.2. The number of hydrogen-bond acceptors (Lipinski definition) is 2. The molecule has 0 saturated carbocycles. The van der Waals surface area contributed by atoms with E-state index in [1.807, 2.05) is 36.4 Å². The molecule has 0 aliphatic rings. The number of aromatic nitrogens is 1. The summed E-state index contributed by atoms with van der Waals surface area (Å²) in [5.74, 6) is -0.261. The molecule has 3 aromatic rings. The van der Waals surface area contributed by atoms with Gasteiger partial charge in [-0.25, -0.2) is 4.39 Å². The number of fused-ring (bicyclic) bond motifs is 1. The van der Waals surface area contributed by atoms with Gasteiger partial charge in [-0.3, -0.25) is 4.98 Å². The minimum Gasteiger partial charge on any atom is -0.324 e. The van der Waals surface area contributed by atoms with Crippen molar-refractivity contribution in [2.24, 2.45) is 5.73 Å². The predicted octanol–water partition coefficient (Wildman–Crippen LogP) is 4.38. The Hall–Kier alpha value is -1.78. The van der Waals surface area contributed by atoms with E-state index in [1.165, 1.54) is 12.1 Å². The minimum absolute atomic E-state index is 0.225. The largest absolute Gasteiger partial charge is 0.324 e. The number of nitrogens with zero attached hydrogens (tertiary/aromatic N) is 1. The second-order valence-corrected chi connectivity index (χ2v) is 5.93. The lowest BCUT2D eigenvalue weighted by Crippen LogP contribution is -2.14. The van der Waals surface area contributed by atoms with Crippen LogP contribution in [0.5, 0.6) is 0 Å². The van der Waals surface area contributed by atoms with Crippen LogP contribution in [0.15, 0.2) is 59.2 Å². The van der Waals surface area contributed by atoms with Crippen molar-refractivity contribution in [2.75, 3.05) is 0 Å². The van der Waals surface area contributed by atoms with Crippen LogP contribution in [0.4, 0.5) is 4.39 Å². The van der Waals surface area contributed by atoms with Crippen LogP contribution in [-0.4, -0.2) is 4.98 Å². The normalized spacial score (nSPS) is 12.5. The van der Waals surface area contributed by atoms with E-state index < -0.39 is 0 Å². The molecule has 2 aromatic carbocycles. The topological polar surface area (TPSA) is 38.9 Å². The van der Waals surface area contributed by atoms with Crippen molar-refractivity contribution in [3.63, 3.8) is 0 Å². The maximum absolute atomic E-state index is 13.5. The highest BCUT2D eigenvalue weighted by Gasteiger charge is 2.12. The van der Waals surface area contributed by atoms with Crippen LogP contribution in [0.2, 0.25) is 0 Å². The van der Waals surface area contributed by atoms with Crippen LogP contribution < -0.4 is 5.73 Å². The Morgan fingerprint density at radius 1 is 1.14 bits per heavy atom. The number of halogens is 2. The highest BCUT2D eigenvalue weighted by Crippen LogP contribution is 2.25. The first-order chi connectivity index (χ1) is 10.1. The molecular weight excluding hydrogens is 331 g/mol. The summed E-state index contributed by atoms with van der Waals surface area (Å²) < 4.78 is 14.2. The van der Waals surface area contributed by atoms with Crippen molar-refractivity contribution in [1.29, 1.82) is 0 Å². The van der Waals surface area contributed by atoms with Crippen LogP contribution in [0.3, 0.4) is 0 Å². The number of para-hydroxylation sites is 1. The Labute approximate surface area is 130 Å². The Kier molecular flexibility index (Phi) is 3.99. The fourth-order valence-corrected chi connectivity index (χ4v) is 3.03. The number of benzene rings is 2. The summed E-state index contributed by atoms with van der Waals surface area (Å²) in [5.41, 5.74) is 9.06. The molecule has 1 heterocycles. The highest BCUT2D eigenvalue weighted by molar-refractivity contribution is 9.10. The van der Waals surface area contributed by atoms with Crippen molar-refractivity contribution in [3.05, 3.63) is 76.1 Å². The molecule has 0 spiro atoms. The molecule has 0 fully saturated rings. The van der Waals surface area contributed by atoms with Crippen molar-refractivity contribution in [2.45, 2.75) is 12.5 Å². The van der Waals surface area contributed by atoms with Crippen LogP contribution >= 0.6 is 15.9 Å². The zero-order chi connectivity index (χ0) is 14.8. The lowest BCUT2D eigenvalue weighted by molar-refractivity contribution is 0.621. The second-order valence-electron chi connectivity index (χ2n) is 5.01. The maximum atomic E-state index is 13.5. The molecule has 106 valence electrons. The molecule has 0 radical (unpaired) electrons. The zero-order valence-electron chi connectivity index (χ0n) is 11.3. The average Bonchev–Trinajstić information content (AvgIpc) is 2.45. The van der Waals surface area contributed by atoms with E-state index in [4.69, 9.17) is 5.73 Å². The molecule has 0 amide bonds. The maximum Gasteiger partial charge on any atom is 0.124 e. The predicted molar refractivity (Wildman–Crippen MR) is 86.5 cm³/mol. The minimum atomic E-state index is -0.261. The smallest absolute Gasteiger partial charge is 0.124 e. The van der Waals surface area contributed by atoms with Crippen LogP contribution in [-0.2, 0) is 6.42 Å². The highest BCUT2D eigenvalue weighted by atomic mass is 79.9. The standard InChI is InChI=1S/C17H14BrFN2/c18-13-7-11(8-14(19)10-13)9-16(20)15-5-1-3-12-4-2-6-21-17(12)15/h1-8,10,16H,9,20H2. The van der Waals surface area contributed by atoms with Gasteiger partial charge in [0.05, 0.1) is 5.52 Å². The summed E-state index contributed by atoms with van der Waals surface area (Å²) in [6.07, 6.45) is 2.32. The monoisotopic (exact) mass is 344 g/mol. The number of rotatable bonds is 3. The molecule has 21 heavy (non-hydrogen) atoms. The number of pyridine rings is 1. The lowest BCUT2D eigenvalue weighted by atomic mass is 9.97. The summed E-state index contributed by atoms with van der Waals surface area (Å²) in [4.78, 5) is 4.42. The Bertz CT molecular complexity index is 763. The van der Waals surface area contributed by atoms with Crippen molar-refractivity contribution < 1.29 is 4.39 Å². The van der Waals surface area contributed by atoms with Crippen LogP contribution in [0.1, 0.15) is 17.2 Å². The summed E-state index contributed by atoms with van der Waals surface area (Å²) in [7, 11) is 0. The SMILES string of the molecule is NC(Cc1cc(F)cc(Br)c1)c1cccc2cccnc12. The fraction of sp³-hybridized carbons (Fsp3) is 0.118. The number of nitrogens with two attached hydrogens (primary N) is 1. The molecule has 1 aromatic heterocycles. The fourth-order valence-electron chi connectivity index (χ4n) is 2.52. The molecule has 4 heteroatoms. The van der Waals surface area contributed by atoms with E-state index >= 15 is 0 Å². The van der Waals surface area contributed by atoms with Gasteiger partial charge < -0.3 is 5.73 Å². The first-order valence-corrected chi connectivity index (χ1v) is 7.47. The molecule has 1 atom stereocenters. The Balaban J connectivity index is 1.95. The Morgan fingerprint density at radius 3 is 2.76 bits per heavy atom. The first-order valence-electron chi connectivity index (χ1n) is 6.67. The summed E-state index contributed by atoms with van der Waals surface area (Å²) >= 11 is 3.31. The van der Waals surface area contributed by atoms with Crippen LogP contribution in [0, 0.1) is 5.82 Å². The van der Waals surface area contributed by atoms with Gasteiger partial charge in [0.15, 0.2) is 0 Å². The van der Waals surface area contributed by atoms with Crippen LogP contribution in [0.25, 0.3) is 10.9 Å². The van der Waals surface area contributed by atoms with Gasteiger partial charge in [-0.05, 0) is 41.8 Å². The van der Waals surface area contributed by atoms with Gasteiger partial charge in [-0.2, -0.15) is 0 Å². The molecule has 2 nitrogen and oxygen atoms in total. The van der Waals surface area contributed by atoms with E-state index in [-0.39, 0.29) is 11.9 Å². The molecule has 0 bridgehead atoms. The van der Waals surface area contributed by atoms with Gasteiger partial charge in [-0.1, -0.05) is 40.2 Å². The van der Waals surface area contributed by atoms with E-state index in [0.717, 1.165) is 26.5 Å². The van der Waals surface area contributed by atoms with Gasteiger partial charge in [-0.15, -0.1) is 0 Å². The van der Waals surface area contributed by atoms with Crippen molar-refractivity contribution >= 4 is 26.8 Å². The third-order valence-electron chi connectivity index (χ3n) is 3.44. The van der Waals surface area contributed by atoms with Crippen molar-refractivity contribution in [1.82, 2.24) is 4.98 Å². The summed E-state index contributed by atoms with van der Waals surface area (Å²) in [6, 6.07) is 14.5. The lowest BCUT2D eigenvalue weighted by Gasteiger charge is -2.14. The van der Waals surface area contributed by atoms with E-state index in [0.29, 0.717) is 6.42 Å². The zero-order valence-corrected chi connectivity index (χ0v) is 12.8. The van der Waals surface area contributed by atoms with E-state index in [2.05, 4.69) is 20.9 Å². The Morgan fingerprint density at radius 2 is 1.95 bits per heavy atom. The van der Waals surface area contributed by atoms with Gasteiger partial charge in [0.1, 0.15) is 5.82 Å². The molecule has 3 rings (SSSR count). The number of hydrogen-bond donors (Lipinski definition) is 1. The third kappa shape index (κ3) is 3.12. The molecule has 2 N–H and O–H groups in total. The molecule has 0 saturated heterocycles. The van der Waals surface area contributed by atoms with E-state index in [9.17, 15) is 4.39 Å². The van der Waals surface area contributed by atoms with Gasteiger partial charge in [0.2, 0.25) is 0 Å². The summed E-state index contributed by atoms with van der Waals surface area (Å²) in [5, 5.41) is 1.06. The quantitative estimate of drug-likeness (QED) is 0.765. The van der Waals surface area contributed by atoms with Crippen molar-refractivity contribution in [3.8, 4) is 0 Å². The van der Waals surface area contributed by atoms with Gasteiger partial charge >= 0.3 is 0 Å². The molecular formula is C17H14BrFN2. The third-order valence-corrected chi connectivity index (χ3v) is 3.90. The second kappa shape index (κ2) is 5.92. The average molecular weight is 345 g/mol.